The van der Waals surface area contributed by atoms with Gasteiger partial charge < -0.3 is 0 Å². The summed E-state index contributed by atoms with van der Waals surface area (Å²) in [4.78, 5) is 0.489. The van der Waals surface area contributed by atoms with Crippen LogP contribution in [0.4, 0.5) is 4.39 Å². The van der Waals surface area contributed by atoms with Gasteiger partial charge in [0.05, 0.1) is 15.8 Å². The Kier molecular flexibility index (Phi) is 4.10. The van der Waals surface area contributed by atoms with Crippen molar-refractivity contribution in [1.82, 2.24) is 0 Å². The standard InChI is InChI=1S/C15H7FNS2/c16-12-6-4-10(5-7-12)15(19)13-3-1-2-11(9-18)14(13)8-17/h1-7H. The van der Waals surface area contributed by atoms with Crippen LogP contribution in [0.25, 0.3) is 0 Å². The van der Waals surface area contributed by atoms with Crippen molar-refractivity contribution in [1.29, 1.82) is 5.26 Å². The Hall–Kier alpha value is -1.96. The SMILES string of the molecule is N#Cc1c([C]=S)cccc1C(=S)c1ccc(F)cc1. The maximum Gasteiger partial charge on any atom is 0.123 e. The van der Waals surface area contributed by atoms with Gasteiger partial charge in [-0.15, -0.1) is 0 Å². The molecule has 2 rings (SSSR count). The molecule has 0 unspecified atom stereocenters. The van der Waals surface area contributed by atoms with Gasteiger partial charge in [0.1, 0.15) is 11.9 Å². The van der Waals surface area contributed by atoms with Crippen LogP contribution in [0.5, 0.6) is 0 Å². The molecule has 0 aromatic heterocycles. The van der Waals surface area contributed by atoms with E-state index in [0.717, 1.165) is 0 Å². The van der Waals surface area contributed by atoms with E-state index in [4.69, 9.17) is 24.4 Å². The summed E-state index contributed by atoms with van der Waals surface area (Å²) < 4.78 is 12.9. The highest BCUT2D eigenvalue weighted by Gasteiger charge is 2.12. The van der Waals surface area contributed by atoms with Crippen LogP contribution in [0.15, 0.2) is 42.5 Å². The molecule has 0 aliphatic heterocycles. The van der Waals surface area contributed by atoms with E-state index in [2.05, 4.69) is 11.4 Å². The average Bonchev–Trinajstić information content (AvgIpc) is 2.46. The number of hydrogen-bond acceptors (Lipinski definition) is 3. The summed E-state index contributed by atoms with van der Waals surface area (Å²) in [6.45, 7) is 0. The van der Waals surface area contributed by atoms with E-state index in [9.17, 15) is 9.65 Å². The lowest BCUT2D eigenvalue weighted by atomic mass is 9.97. The first-order chi connectivity index (χ1) is 9.17. The molecule has 0 N–H and O–H groups in total. The van der Waals surface area contributed by atoms with E-state index in [1.54, 1.807) is 30.3 Å². The van der Waals surface area contributed by atoms with Gasteiger partial charge in [-0.3, -0.25) is 0 Å². The van der Waals surface area contributed by atoms with E-state index >= 15 is 0 Å². The first kappa shape index (κ1) is 13.5. The summed E-state index contributed by atoms with van der Waals surface area (Å²) >= 11 is 10.1. The van der Waals surface area contributed by atoms with Crippen molar-refractivity contribution in [2.75, 3.05) is 0 Å². The predicted molar refractivity (Wildman–Crippen MR) is 80.1 cm³/mol. The first-order valence-electron chi connectivity index (χ1n) is 5.39. The normalized spacial score (nSPS) is 9.68. The van der Waals surface area contributed by atoms with Crippen LogP contribution in [0.2, 0.25) is 0 Å². The second kappa shape index (κ2) is 5.79. The Morgan fingerprint density at radius 1 is 1.11 bits per heavy atom. The quantitative estimate of drug-likeness (QED) is 0.634. The van der Waals surface area contributed by atoms with E-state index in [1.807, 2.05) is 0 Å². The van der Waals surface area contributed by atoms with Crippen LogP contribution >= 0.6 is 24.4 Å². The number of nitrogens with zero attached hydrogens (tertiary/aromatic N) is 1. The zero-order valence-electron chi connectivity index (χ0n) is 9.68. The minimum Gasteiger partial charge on any atom is -0.207 e. The molecule has 0 saturated carbocycles. The van der Waals surface area contributed by atoms with Crippen LogP contribution in [-0.4, -0.2) is 10.2 Å². The van der Waals surface area contributed by atoms with E-state index in [1.165, 1.54) is 12.1 Å². The molecule has 91 valence electrons. The number of halogens is 1. The highest BCUT2D eigenvalue weighted by Crippen LogP contribution is 2.18. The van der Waals surface area contributed by atoms with Crippen molar-refractivity contribution in [3.63, 3.8) is 0 Å². The van der Waals surface area contributed by atoms with Crippen LogP contribution in [0, 0.1) is 17.1 Å². The highest BCUT2D eigenvalue weighted by atomic mass is 32.1. The molecule has 0 heterocycles. The summed E-state index contributed by atoms with van der Waals surface area (Å²) in [5, 5.41) is 11.8. The molecule has 0 saturated heterocycles. The van der Waals surface area contributed by atoms with Gasteiger partial charge in [-0.05, 0) is 17.7 Å². The molecular formula is C15H7FNS2. The molecule has 0 aliphatic carbocycles. The van der Waals surface area contributed by atoms with Crippen molar-refractivity contribution in [2.24, 2.45) is 0 Å². The Bertz CT molecular complexity index is 684. The number of thiocarbonyl (C=S) groups is 2. The van der Waals surface area contributed by atoms with Crippen molar-refractivity contribution in [3.8, 4) is 6.07 Å². The molecule has 0 atom stereocenters. The fraction of sp³-hybridized carbons (Fsp3) is 0. The lowest BCUT2D eigenvalue weighted by Gasteiger charge is -2.08. The lowest BCUT2D eigenvalue weighted by molar-refractivity contribution is 0.628. The molecule has 0 bridgehead atoms. The number of rotatable bonds is 3. The Labute approximate surface area is 121 Å². The van der Waals surface area contributed by atoms with Crippen molar-refractivity contribution in [3.05, 3.63) is 70.5 Å². The molecule has 4 heteroatoms. The first-order valence-corrected chi connectivity index (χ1v) is 6.20. The summed E-state index contributed by atoms with van der Waals surface area (Å²) in [5.74, 6) is -0.326. The largest absolute Gasteiger partial charge is 0.207 e. The summed E-state index contributed by atoms with van der Waals surface area (Å²) in [6.07, 6.45) is 0. The zero-order chi connectivity index (χ0) is 13.8. The van der Waals surface area contributed by atoms with Gasteiger partial charge in [-0.1, -0.05) is 54.8 Å². The van der Waals surface area contributed by atoms with Crippen LogP contribution in [0.3, 0.4) is 0 Å². The number of hydrogen-bond donors (Lipinski definition) is 0. The second-order valence-electron chi connectivity index (χ2n) is 3.78. The topological polar surface area (TPSA) is 23.8 Å². The van der Waals surface area contributed by atoms with E-state index < -0.39 is 0 Å². The average molecular weight is 284 g/mol. The number of benzene rings is 2. The minimum absolute atomic E-state index is 0.326. The van der Waals surface area contributed by atoms with Crippen molar-refractivity contribution < 1.29 is 4.39 Å². The van der Waals surface area contributed by atoms with Crippen LogP contribution < -0.4 is 0 Å². The third-order valence-electron chi connectivity index (χ3n) is 2.64. The summed E-state index contributed by atoms with van der Waals surface area (Å²) in [7, 11) is 0. The maximum atomic E-state index is 12.9. The molecule has 2 aromatic carbocycles. The molecule has 0 amide bonds. The Morgan fingerprint density at radius 2 is 1.79 bits per heavy atom. The maximum absolute atomic E-state index is 12.9. The van der Waals surface area contributed by atoms with Crippen molar-refractivity contribution >= 4 is 34.7 Å². The van der Waals surface area contributed by atoms with Gasteiger partial charge in [0.15, 0.2) is 0 Å². The molecule has 1 nitrogen and oxygen atoms in total. The Morgan fingerprint density at radius 3 is 2.37 bits per heavy atom. The molecule has 1 radical (unpaired) electrons. The Balaban J connectivity index is 2.53. The van der Waals surface area contributed by atoms with Gasteiger partial charge in [-0.25, -0.2) is 4.39 Å². The van der Waals surface area contributed by atoms with Crippen LogP contribution in [-0.2, 0) is 0 Å². The van der Waals surface area contributed by atoms with E-state index in [-0.39, 0.29) is 5.82 Å². The highest BCUT2D eigenvalue weighted by molar-refractivity contribution is 7.81. The van der Waals surface area contributed by atoms with Gasteiger partial charge in [0.25, 0.3) is 0 Å². The third-order valence-corrected chi connectivity index (χ3v) is 3.31. The minimum atomic E-state index is -0.326. The smallest absolute Gasteiger partial charge is 0.123 e. The van der Waals surface area contributed by atoms with Gasteiger partial charge in [0, 0.05) is 11.1 Å². The molecule has 2 aromatic rings. The molecule has 0 spiro atoms. The third kappa shape index (κ3) is 2.73. The van der Waals surface area contributed by atoms with Gasteiger partial charge in [-0.2, -0.15) is 5.26 Å². The molecule has 0 aliphatic rings. The second-order valence-corrected chi connectivity index (χ2v) is 4.39. The lowest BCUT2D eigenvalue weighted by Crippen LogP contribution is -2.04. The van der Waals surface area contributed by atoms with Gasteiger partial charge in [0.2, 0.25) is 0 Å². The predicted octanol–water partition coefficient (Wildman–Crippen LogP) is 3.69. The molecular weight excluding hydrogens is 277 g/mol. The van der Waals surface area contributed by atoms with E-state index in [0.29, 0.717) is 27.1 Å². The van der Waals surface area contributed by atoms with Crippen molar-refractivity contribution in [2.45, 2.75) is 0 Å². The van der Waals surface area contributed by atoms with Gasteiger partial charge >= 0.3 is 0 Å². The summed E-state index contributed by atoms with van der Waals surface area (Å²) in [5.41, 5.74) is 2.24. The fourth-order valence-electron chi connectivity index (χ4n) is 1.70. The molecule has 0 fully saturated rings. The fourth-order valence-corrected chi connectivity index (χ4v) is 2.18. The van der Waals surface area contributed by atoms with Crippen LogP contribution in [0.1, 0.15) is 22.3 Å². The monoisotopic (exact) mass is 284 g/mol. The number of nitriles is 1. The molecule has 19 heavy (non-hydrogen) atoms. The zero-order valence-corrected chi connectivity index (χ0v) is 11.3. The summed E-state index contributed by atoms with van der Waals surface area (Å²) in [6, 6.07) is 13.2.